The SMILES string of the molecule is Cc1cccc(-c2nc(N)c3ccc(F)cc3n2)c1. The first kappa shape index (κ1) is 11.6. The minimum absolute atomic E-state index is 0.333. The largest absolute Gasteiger partial charge is 0.383 e. The molecule has 0 spiro atoms. The third kappa shape index (κ3) is 2.12. The van der Waals surface area contributed by atoms with Crippen molar-refractivity contribution in [2.24, 2.45) is 0 Å². The van der Waals surface area contributed by atoms with Gasteiger partial charge < -0.3 is 5.73 Å². The van der Waals surface area contributed by atoms with E-state index in [2.05, 4.69) is 9.97 Å². The number of hydrogen-bond acceptors (Lipinski definition) is 3. The lowest BCUT2D eigenvalue weighted by atomic mass is 10.1. The van der Waals surface area contributed by atoms with Gasteiger partial charge in [0.15, 0.2) is 5.82 Å². The molecule has 0 fully saturated rings. The van der Waals surface area contributed by atoms with Crippen molar-refractivity contribution in [3.63, 3.8) is 0 Å². The molecule has 3 nitrogen and oxygen atoms in total. The zero-order valence-electron chi connectivity index (χ0n) is 10.4. The monoisotopic (exact) mass is 253 g/mol. The minimum atomic E-state index is -0.333. The van der Waals surface area contributed by atoms with E-state index in [4.69, 9.17) is 5.73 Å². The Morgan fingerprint density at radius 2 is 1.89 bits per heavy atom. The summed E-state index contributed by atoms with van der Waals surface area (Å²) in [6.45, 7) is 1.99. The molecule has 3 aromatic rings. The quantitative estimate of drug-likeness (QED) is 0.723. The van der Waals surface area contributed by atoms with Gasteiger partial charge in [0.2, 0.25) is 0 Å². The summed E-state index contributed by atoms with van der Waals surface area (Å²) in [6, 6.07) is 12.1. The molecule has 1 aromatic heterocycles. The molecule has 0 bridgehead atoms. The van der Waals surface area contributed by atoms with Gasteiger partial charge in [-0.05, 0) is 25.1 Å². The number of halogens is 1. The predicted octanol–water partition coefficient (Wildman–Crippen LogP) is 3.33. The first-order valence-electron chi connectivity index (χ1n) is 5.93. The van der Waals surface area contributed by atoms with Crippen molar-refractivity contribution < 1.29 is 4.39 Å². The highest BCUT2D eigenvalue weighted by Crippen LogP contribution is 2.24. The van der Waals surface area contributed by atoms with Crippen LogP contribution < -0.4 is 5.73 Å². The number of aryl methyl sites for hydroxylation is 1. The normalized spacial score (nSPS) is 10.8. The van der Waals surface area contributed by atoms with Gasteiger partial charge in [0.25, 0.3) is 0 Å². The zero-order valence-corrected chi connectivity index (χ0v) is 10.4. The van der Waals surface area contributed by atoms with Crippen LogP contribution in [0.5, 0.6) is 0 Å². The van der Waals surface area contributed by atoms with Gasteiger partial charge in [0.1, 0.15) is 11.6 Å². The number of anilines is 1. The Hall–Kier alpha value is -2.49. The maximum atomic E-state index is 13.3. The van der Waals surface area contributed by atoms with Gasteiger partial charge in [0, 0.05) is 17.0 Å². The van der Waals surface area contributed by atoms with Crippen LogP contribution in [0.25, 0.3) is 22.3 Å². The molecular weight excluding hydrogens is 241 g/mol. The number of nitrogen functional groups attached to an aromatic ring is 1. The zero-order chi connectivity index (χ0) is 13.4. The van der Waals surface area contributed by atoms with Crippen LogP contribution in [0.4, 0.5) is 10.2 Å². The predicted molar refractivity (Wildman–Crippen MR) is 74.1 cm³/mol. The average molecular weight is 253 g/mol. The maximum Gasteiger partial charge on any atom is 0.162 e. The second-order valence-electron chi connectivity index (χ2n) is 4.46. The molecule has 19 heavy (non-hydrogen) atoms. The van der Waals surface area contributed by atoms with Crippen LogP contribution in [0.15, 0.2) is 42.5 Å². The molecule has 0 saturated carbocycles. The van der Waals surface area contributed by atoms with Crippen molar-refractivity contribution in [1.29, 1.82) is 0 Å². The lowest BCUT2D eigenvalue weighted by molar-refractivity contribution is 0.629. The molecule has 0 aliphatic carbocycles. The second-order valence-corrected chi connectivity index (χ2v) is 4.46. The van der Waals surface area contributed by atoms with Crippen molar-refractivity contribution in [2.75, 3.05) is 5.73 Å². The molecule has 94 valence electrons. The summed E-state index contributed by atoms with van der Waals surface area (Å²) in [4.78, 5) is 8.66. The van der Waals surface area contributed by atoms with Crippen LogP contribution in [-0.4, -0.2) is 9.97 Å². The third-order valence-corrected chi connectivity index (χ3v) is 2.96. The number of rotatable bonds is 1. The van der Waals surface area contributed by atoms with Crippen LogP contribution in [-0.2, 0) is 0 Å². The molecule has 4 heteroatoms. The minimum Gasteiger partial charge on any atom is -0.383 e. The van der Waals surface area contributed by atoms with E-state index in [1.807, 2.05) is 31.2 Å². The number of nitrogens with zero attached hydrogens (tertiary/aromatic N) is 2. The van der Waals surface area contributed by atoms with Crippen molar-refractivity contribution in [2.45, 2.75) is 6.92 Å². The molecule has 0 aliphatic rings. The Bertz CT molecular complexity index is 768. The van der Waals surface area contributed by atoms with E-state index in [1.54, 1.807) is 6.07 Å². The summed E-state index contributed by atoms with van der Waals surface area (Å²) in [7, 11) is 0. The van der Waals surface area contributed by atoms with E-state index in [9.17, 15) is 4.39 Å². The van der Waals surface area contributed by atoms with Gasteiger partial charge in [-0.2, -0.15) is 0 Å². The highest BCUT2D eigenvalue weighted by atomic mass is 19.1. The molecule has 0 radical (unpaired) electrons. The molecule has 0 amide bonds. The van der Waals surface area contributed by atoms with Gasteiger partial charge in [0.05, 0.1) is 5.52 Å². The fourth-order valence-corrected chi connectivity index (χ4v) is 2.04. The lowest BCUT2D eigenvalue weighted by Gasteiger charge is -2.06. The van der Waals surface area contributed by atoms with Crippen molar-refractivity contribution in [3.8, 4) is 11.4 Å². The molecule has 0 unspecified atom stereocenters. The van der Waals surface area contributed by atoms with Gasteiger partial charge in [-0.15, -0.1) is 0 Å². The van der Waals surface area contributed by atoms with E-state index >= 15 is 0 Å². The molecule has 1 heterocycles. The van der Waals surface area contributed by atoms with Crippen LogP contribution in [0.2, 0.25) is 0 Å². The fraction of sp³-hybridized carbons (Fsp3) is 0.0667. The first-order chi connectivity index (χ1) is 9.13. The van der Waals surface area contributed by atoms with Gasteiger partial charge in [-0.25, -0.2) is 14.4 Å². The molecule has 2 aromatic carbocycles. The Kier molecular flexibility index (Phi) is 2.63. The number of hydrogen-bond donors (Lipinski definition) is 1. The summed E-state index contributed by atoms with van der Waals surface area (Å²) in [5.41, 5.74) is 8.41. The molecule has 0 aliphatic heterocycles. The Morgan fingerprint density at radius 3 is 2.68 bits per heavy atom. The van der Waals surface area contributed by atoms with Crippen molar-refractivity contribution in [1.82, 2.24) is 9.97 Å². The lowest BCUT2D eigenvalue weighted by Crippen LogP contribution is -1.98. The number of fused-ring (bicyclic) bond motifs is 1. The molecule has 0 saturated heterocycles. The van der Waals surface area contributed by atoms with Gasteiger partial charge in [-0.3, -0.25) is 0 Å². The third-order valence-electron chi connectivity index (χ3n) is 2.96. The molecule has 3 rings (SSSR count). The second kappa shape index (κ2) is 4.31. The van der Waals surface area contributed by atoms with Crippen molar-refractivity contribution in [3.05, 3.63) is 53.8 Å². The first-order valence-corrected chi connectivity index (χ1v) is 5.93. The van der Waals surface area contributed by atoms with Gasteiger partial charge in [-0.1, -0.05) is 23.8 Å². The van der Waals surface area contributed by atoms with Crippen LogP contribution in [0, 0.1) is 12.7 Å². The number of benzene rings is 2. The molecule has 0 atom stereocenters. The Labute approximate surface area is 109 Å². The number of aromatic nitrogens is 2. The fourth-order valence-electron chi connectivity index (χ4n) is 2.04. The smallest absolute Gasteiger partial charge is 0.162 e. The van der Waals surface area contributed by atoms with Crippen LogP contribution >= 0.6 is 0 Å². The van der Waals surface area contributed by atoms with E-state index in [1.165, 1.54) is 12.1 Å². The van der Waals surface area contributed by atoms with E-state index in [0.29, 0.717) is 22.5 Å². The topological polar surface area (TPSA) is 51.8 Å². The highest BCUT2D eigenvalue weighted by Gasteiger charge is 2.08. The van der Waals surface area contributed by atoms with Crippen molar-refractivity contribution >= 4 is 16.7 Å². The summed E-state index contributed by atoms with van der Waals surface area (Å²) < 4.78 is 13.3. The summed E-state index contributed by atoms with van der Waals surface area (Å²) in [5, 5.41) is 0.665. The molecular formula is C15H12FN3. The van der Waals surface area contributed by atoms with Gasteiger partial charge >= 0.3 is 0 Å². The number of nitrogens with two attached hydrogens (primary N) is 1. The van der Waals surface area contributed by atoms with Crippen LogP contribution in [0.1, 0.15) is 5.56 Å². The maximum absolute atomic E-state index is 13.3. The Morgan fingerprint density at radius 1 is 1.05 bits per heavy atom. The van der Waals surface area contributed by atoms with E-state index < -0.39 is 0 Å². The standard InChI is InChI=1S/C15H12FN3/c1-9-3-2-4-10(7-9)15-18-13-8-11(16)5-6-12(13)14(17)19-15/h2-8H,1H3,(H2,17,18,19). The highest BCUT2D eigenvalue weighted by molar-refractivity contribution is 5.89. The van der Waals surface area contributed by atoms with E-state index in [-0.39, 0.29) is 5.82 Å². The molecule has 2 N–H and O–H groups in total. The summed E-state index contributed by atoms with van der Waals surface area (Å²) >= 11 is 0. The summed E-state index contributed by atoms with van der Waals surface area (Å²) in [6.07, 6.45) is 0. The summed E-state index contributed by atoms with van der Waals surface area (Å²) in [5.74, 6) is 0.543. The Balaban J connectivity index is 2.25. The van der Waals surface area contributed by atoms with Crippen LogP contribution in [0.3, 0.4) is 0 Å². The average Bonchev–Trinajstić information content (AvgIpc) is 2.38. The van der Waals surface area contributed by atoms with E-state index in [0.717, 1.165) is 11.1 Å².